The van der Waals surface area contributed by atoms with E-state index in [1.165, 1.54) is 16.4 Å². The molecule has 0 aliphatic heterocycles. The summed E-state index contributed by atoms with van der Waals surface area (Å²) < 4.78 is 32.9. The van der Waals surface area contributed by atoms with E-state index in [2.05, 4.69) is 10.5 Å². The Morgan fingerprint density at radius 3 is 2.47 bits per heavy atom. The van der Waals surface area contributed by atoms with Crippen LogP contribution in [0.4, 0.5) is 11.4 Å². The fourth-order valence-corrected chi connectivity index (χ4v) is 5.08. The highest BCUT2D eigenvalue weighted by Crippen LogP contribution is 2.30. The number of aromatic nitrogens is 1. The van der Waals surface area contributed by atoms with Gasteiger partial charge in [0.05, 0.1) is 22.8 Å². The fourth-order valence-electron chi connectivity index (χ4n) is 3.10. The summed E-state index contributed by atoms with van der Waals surface area (Å²) in [5, 5.41) is 6.63. The first-order valence-electron chi connectivity index (χ1n) is 9.33. The summed E-state index contributed by atoms with van der Waals surface area (Å²) in [6.07, 6.45) is 0.0664. The molecule has 0 fully saturated rings. The van der Waals surface area contributed by atoms with E-state index in [9.17, 15) is 13.2 Å². The average molecular weight is 448 g/mol. The van der Waals surface area contributed by atoms with Gasteiger partial charge in [0.1, 0.15) is 10.7 Å². The van der Waals surface area contributed by atoms with Gasteiger partial charge in [0.15, 0.2) is 0 Å². The van der Waals surface area contributed by atoms with Crippen molar-refractivity contribution >= 4 is 38.9 Å². The molecule has 1 aromatic heterocycles. The Bertz CT molecular complexity index is 1140. The van der Waals surface area contributed by atoms with Gasteiger partial charge < -0.3 is 9.84 Å². The Balaban J connectivity index is 1.88. The number of carbonyl (C=O) groups is 1. The molecule has 3 aromatic rings. The fraction of sp³-hybridized carbons (Fsp3) is 0.238. The third-order valence-electron chi connectivity index (χ3n) is 4.63. The van der Waals surface area contributed by atoms with Crippen molar-refractivity contribution in [1.82, 2.24) is 5.16 Å². The van der Waals surface area contributed by atoms with Gasteiger partial charge in [-0.05, 0) is 51.1 Å². The third-order valence-corrected chi connectivity index (χ3v) is 7.02. The molecule has 1 N–H and O–H groups in total. The van der Waals surface area contributed by atoms with Gasteiger partial charge in [0.2, 0.25) is 5.91 Å². The lowest BCUT2D eigenvalue weighted by atomic mass is 10.1. The number of para-hydroxylation sites is 1. The van der Waals surface area contributed by atoms with E-state index in [0.717, 1.165) is 0 Å². The SMILES string of the molecule is CCN(c1ccccc1)S(=O)(=O)c1cc(NC(=O)Cc2c(C)noc2C)ccc1Cl. The summed E-state index contributed by atoms with van der Waals surface area (Å²) in [6.45, 7) is 5.46. The second-order valence-corrected chi connectivity index (χ2v) is 8.92. The van der Waals surface area contributed by atoms with Gasteiger partial charge >= 0.3 is 0 Å². The highest BCUT2D eigenvalue weighted by atomic mass is 35.5. The molecule has 158 valence electrons. The summed E-state index contributed by atoms with van der Waals surface area (Å²) >= 11 is 6.22. The molecule has 0 spiro atoms. The van der Waals surface area contributed by atoms with Gasteiger partial charge in [0.25, 0.3) is 10.0 Å². The normalized spacial score (nSPS) is 11.3. The first-order chi connectivity index (χ1) is 14.2. The minimum atomic E-state index is -3.93. The van der Waals surface area contributed by atoms with Gasteiger partial charge in [-0.2, -0.15) is 0 Å². The van der Waals surface area contributed by atoms with Crippen LogP contribution < -0.4 is 9.62 Å². The zero-order valence-electron chi connectivity index (χ0n) is 16.8. The maximum Gasteiger partial charge on any atom is 0.265 e. The summed E-state index contributed by atoms with van der Waals surface area (Å²) in [5.41, 5.74) is 2.21. The van der Waals surface area contributed by atoms with E-state index in [-0.39, 0.29) is 28.8 Å². The Morgan fingerprint density at radius 2 is 1.87 bits per heavy atom. The van der Waals surface area contributed by atoms with E-state index >= 15 is 0 Å². The van der Waals surface area contributed by atoms with Crippen LogP contribution in [0, 0.1) is 13.8 Å². The molecule has 0 bridgehead atoms. The number of benzene rings is 2. The van der Waals surface area contributed by atoms with E-state index < -0.39 is 10.0 Å². The molecule has 0 unspecified atom stereocenters. The standard InChI is InChI=1S/C21H22ClN3O4S/c1-4-25(17-8-6-5-7-9-17)30(27,28)20-12-16(10-11-19(20)22)23-21(26)13-18-14(2)24-29-15(18)3/h5-12H,4,13H2,1-3H3,(H,23,26). The van der Waals surface area contributed by atoms with Crippen LogP contribution in [0.1, 0.15) is 23.9 Å². The lowest BCUT2D eigenvalue weighted by Crippen LogP contribution is -2.31. The number of carbonyl (C=O) groups excluding carboxylic acids is 1. The zero-order chi connectivity index (χ0) is 21.9. The number of nitrogens with one attached hydrogen (secondary N) is 1. The topological polar surface area (TPSA) is 92.5 Å². The molecule has 1 heterocycles. The van der Waals surface area contributed by atoms with E-state index in [1.807, 2.05) is 6.07 Å². The molecule has 9 heteroatoms. The molecule has 0 radical (unpaired) electrons. The summed E-state index contributed by atoms with van der Waals surface area (Å²) in [7, 11) is -3.93. The Morgan fingerprint density at radius 1 is 1.17 bits per heavy atom. The number of nitrogens with zero attached hydrogens (tertiary/aromatic N) is 2. The van der Waals surface area contributed by atoms with Crippen molar-refractivity contribution in [2.75, 3.05) is 16.2 Å². The van der Waals surface area contributed by atoms with Crippen molar-refractivity contribution in [2.24, 2.45) is 0 Å². The first-order valence-corrected chi connectivity index (χ1v) is 11.1. The Hall–Kier alpha value is -2.84. The van der Waals surface area contributed by atoms with Crippen molar-refractivity contribution in [3.8, 4) is 0 Å². The maximum absolute atomic E-state index is 13.3. The van der Waals surface area contributed by atoms with Crippen molar-refractivity contribution in [1.29, 1.82) is 0 Å². The quantitative estimate of drug-likeness (QED) is 0.581. The lowest BCUT2D eigenvalue weighted by Gasteiger charge is -2.23. The van der Waals surface area contributed by atoms with Crippen LogP contribution >= 0.6 is 11.6 Å². The number of hydrogen-bond acceptors (Lipinski definition) is 5. The van der Waals surface area contributed by atoms with Gasteiger partial charge in [-0.3, -0.25) is 9.10 Å². The summed E-state index contributed by atoms with van der Waals surface area (Å²) in [4.78, 5) is 12.4. The number of sulfonamides is 1. The first kappa shape index (κ1) is 21.9. The number of hydrogen-bond donors (Lipinski definition) is 1. The molecule has 0 atom stereocenters. The second-order valence-electron chi connectivity index (χ2n) is 6.68. The predicted molar refractivity (Wildman–Crippen MR) is 116 cm³/mol. The van der Waals surface area contributed by atoms with E-state index in [0.29, 0.717) is 28.4 Å². The van der Waals surface area contributed by atoms with Crippen LogP contribution in [0.5, 0.6) is 0 Å². The maximum atomic E-state index is 13.3. The molecule has 0 aliphatic rings. The Labute approximate surface area is 180 Å². The van der Waals surface area contributed by atoms with Crippen molar-refractivity contribution < 1.29 is 17.7 Å². The molecule has 1 amide bonds. The van der Waals surface area contributed by atoms with Crippen LogP contribution in [0.3, 0.4) is 0 Å². The van der Waals surface area contributed by atoms with Gasteiger partial charge in [0, 0.05) is 17.8 Å². The van der Waals surface area contributed by atoms with Crippen LogP contribution in [0.2, 0.25) is 5.02 Å². The number of anilines is 2. The molecule has 0 saturated heterocycles. The Kier molecular flexibility index (Phi) is 6.48. The molecule has 0 saturated carbocycles. The van der Waals surface area contributed by atoms with Crippen molar-refractivity contribution in [3.63, 3.8) is 0 Å². The number of halogens is 1. The highest BCUT2D eigenvalue weighted by Gasteiger charge is 2.26. The summed E-state index contributed by atoms with van der Waals surface area (Å²) in [5.74, 6) is 0.258. The number of aryl methyl sites for hydroxylation is 2. The smallest absolute Gasteiger partial charge is 0.265 e. The molecule has 0 aliphatic carbocycles. The average Bonchev–Trinajstić information content (AvgIpc) is 3.02. The molecular formula is C21H22ClN3O4S. The molecule has 7 nitrogen and oxygen atoms in total. The van der Waals surface area contributed by atoms with Gasteiger partial charge in [-0.15, -0.1) is 0 Å². The monoisotopic (exact) mass is 447 g/mol. The number of amides is 1. The van der Waals surface area contributed by atoms with Crippen LogP contribution in [0.15, 0.2) is 57.9 Å². The van der Waals surface area contributed by atoms with E-state index in [1.54, 1.807) is 51.1 Å². The molecular weight excluding hydrogens is 426 g/mol. The van der Waals surface area contributed by atoms with Gasteiger partial charge in [-0.1, -0.05) is 35.0 Å². The molecule has 30 heavy (non-hydrogen) atoms. The molecule has 3 rings (SSSR count). The van der Waals surface area contributed by atoms with Gasteiger partial charge in [-0.25, -0.2) is 8.42 Å². The highest BCUT2D eigenvalue weighted by molar-refractivity contribution is 7.93. The second kappa shape index (κ2) is 8.89. The minimum Gasteiger partial charge on any atom is -0.361 e. The molecule has 2 aromatic carbocycles. The van der Waals surface area contributed by atoms with Crippen LogP contribution in [0.25, 0.3) is 0 Å². The predicted octanol–water partition coefficient (Wildman–Crippen LogP) is 4.34. The van der Waals surface area contributed by atoms with Crippen LogP contribution in [-0.4, -0.2) is 26.0 Å². The minimum absolute atomic E-state index is 0.0664. The summed E-state index contributed by atoms with van der Waals surface area (Å²) in [6, 6.07) is 13.2. The zero-order valence-corrected chi connectivity index (χ0v) is 18.4. The third kappa shape index (κ3) is 4.49. The lowest BCUT2D eigenvalue weighted by molar-refractivity contribution is -0.115. The van der Waals surface area contributed by atoms with Crippen LogP contribution in [-0.2, 0) is 21.2 Å². The van der Waals surface area contributed by atoms with Crippen molar-refractivity contribution in [3.05, 3.63) is 70.6 Å². The number of rotatable bonds is 7. The van der Waals surface area contributed by atoms with E-state index in [4.69, 9.17) is 16.1 Å². The largest absolute Gasteiger partial charge is 0.361 e. The van der Waals surface area contributed by atoms with Crippen molar-refractivity contribution in [2.45, 2.75) is 32.1 Å².